The molecular weight excluding hydrogens is 621 g/mol. The normalized spacial score (nSPS) is 11.6. The average molecular weight is 638 g/mol. The summed E-state index contributed by atoms with van der Waals surface area (Å²) in [6, 6.07) is 23.3. The summed E-state index contributed by atoms with van der Waals surface area (Å²) >= 11 is 9.72. The standard InChI is InChI=1S/C30H17BrClF3N4O2/c31-25-14-23(32)13-21(27(25)41-17-20-7-2-1-6-19(20)15-36)16-37-39-28(18-8-5-9-22(12-18)30(33,34)35)38-26-11-4-3-10-24(26)29(39)40/h1-14,16H,17H2. The highest BCUT2D eigenvalue weighted by atomic mass is 79.9. The fourth-order valence-electron chi connectivity index (χ4n) is 4.11. The van der Waals surface area contributed by atoms with Gasteiger partial charge in [-0.05, 0) is 58.4 Å². The lowest BCUT2D eigenvalue weighted by Crippen LogP contribution is -2.20. The third kappa shape index (κ3) is 6.01. The first-order chi connectivity index (χ1) is 19.7. The molecule has 0 atom stereocenters. The predicted octanol–water partition coefficient (Wildman–Crippen LogP) is 7.83. The minimum Gasteiger partial charge on any atom is -0.487 e. The number of ether oxygens (including phenoxy) is 1. The van der Waals surface area contributed by atoms with Gasteiger partial charge in [0, 0.05) is 21.7 Å². The molecule has 11 heteroatoms. The smallest absolute Gasteiger partial charge is 0.416 e. The number of alkyl halides is 3. The highest BCUT2D eigenvalue weighted by Crippen LogP contribution is 2.34. The van der Waals surface area contributed by atoms with Crippen molar-refractivity contribution >= 4 is 44.6 Å². The fraction of sp³-hybridized carbons (Fsp3) is 0.0667. The van der Waals surface area contributed by atoms with E-state index in [1.807, 2.05) is 0 Å². The third-order valence-corrected chi connectivity index (χ3v) is 6.87. The summed E-state index contributed by atoms with van der Waals surface area (Å²) in [7, 11) is 0. The average Bonchev–Trinajstić information content (AvgIpc) is 2.96. The first-order valence-electron chi connectivity index (χ1n) is 12.0. The summed E-state index contributed by atoms with van der Waals surface area (Å²) in [6.07, 6.45) is -3.28. The first kappa shape index (κ1) is 28.1. The molecule has 41 heavy (non-hydrogen) atoms. The second-order valence-electron chi connectivity index (χ2n) is 8.76. The molecule has 5 aromatic rings. The van der Waals surface area contributed by atoms with Crippen LogP contribution in [-0.4, -0.2) is 15.9 Å². The molecule has 6 nitrogen and oxygen atoms in total. The molecule has 0 saturated carbocycles. The van der Waals surface area contributed by atoms with Crippen molar-refractivity contribution in [2.24, 2.45) is 5.10 Å². The van der Waals surface area contributed by atoms with Gasteiger partial charge in [-0.15, -0.1) is 0 Å². The van der Waals surface area contributed by atoms with E-state index >= 15 is 0 Å². The Morgan fingerprint density at radius 2 is 1.80 bits per heavy atom. The fourth-order valence-corrected chi connectivity index (χ4v) is 5.05. The van der Waals surface area contributed by atoms with Crippen LogP contribution in [0.5, 0.6) is 5.75 Å². The molecule has 0 aliphatic heterocycles. The zero-order chi connectivity index (χ0) is 29.1. The Bertz CT molecular complexity index is 1920. The van der Waals surface area contributed by atoms with Crippen molar-refractivity contribution in [3.63, 3.8) is 0 Å². The molecule has 0 bridgehead atoms. The van der Waals surface area contributed by atoms with Crippen LogP contribution in [0, 0.1) is 11.3 Å². The second-order valence-corrected chi connectivity index (χ2v) is 10.0. The minimum atomic E-state index is -4.59. The highest BCUT2D eigenvalue weighted by Gasteiger charge is 2.31. The molecule has 1 aromatic heterocycles. The summed E-state index contributed by atoms with van der Waals surface area (Å²) in [5.74, 6) is 0.246. The zero-order valence-electron chi connectivity index (χ0n) is 20.9. The Hall–Kier alpha value is -4.46. The van der Waals surface area contributed by atoms with Gasteiger partial charge >= 0.3 is 6.18 Å². The summed E-state index contributed by atoms with van der Waals surface area (Å²) in [6.45, 7) is 0.0533. The zero-order valence-corrected chi connectivity index (χ0v) is 23.2. The first-order valence-corrected chi connectivity index (χ1v) is 13.2. The van der Waals surface area contributed by atoms with E-state index in [0.717, 1.165) is 16.8 Å². The summed E-state index contributed by atoms with van der Waals surface area (Å²) in [4.78, 5) is 18.0. The second kappa shape index (κ2) is 11.6. The number of hydrogen-bond acceptors (Lipinski definition) is 5. The number of rotatable bonds is 6. The van der Waals surface area contributed by atoms with E-state index in [4.69, 9.17) is 16.3 Å². The van der Waals surface area contributed by atoms with Gasteiger partial charge in [-0.3, -0.25) is 4.79 Å². The van der Waals surface area contributed by atoms with Crippen molar-refractivity contribution in [2.45, 2.75) is 12.8 Å². The lowest BCUT2D eigenvalue weighted by Gasteiger charge is -2.14. The monoisotopic (exact) mass is 636 g/mol. The van der Waals surface area contributed by atoms with Crippen LogP contribution in [0.3, 0.4) is 0 Å². The maximum absolute atomic E-state index is 13.5. The number of halogens is 5. The van der Waals surface area contributed by atoms with Crippen LogP contribution in [-0.2, 0) is 12.8 Å². The van der Waals surface area contributed by atoms with Gasteiger partial charge in [0.2, 0.25) is 0 Å². The Morgan fingerprint density at radius 1 is 1.05 bits per heavy atom. The van der Waals surface area contributed by atoms with Crippen molar-refractivity contribution in [3.8, 4) is 23.2 Å². The SMILES string of the molecule is N#Cc1ccccc1COc1c(Br)cc(Cl)cc1C=Nn1c(-c2cccc(C(F)(F)F)c2)nc2ccccc2c1=O. The lowest BCUT2D eigenvalue weighted by atomic mass is 10.1. The maximum Gasteiger partial charge on any atom is 0.416 e. The molecule has 204 valence electrons. The maximum atomic E-state index is 13.5. The van der Waals surface area contributed by atoms with Gasteiger partial charge in [-0.1, -0.05) is 54.1 Å². The predicted molar refractivity (Wildman–Crippen MR) is 154 cm³/mol. The molecule has 1 heterocycles. The van der Waals surface area contributed by atoms with Gasteiger partial charge in [0.25, 0.3) is 5.56 Å². The molecule has 4 aromatic carbocycles. The molecule has 0 unspecified atom stereocenters. The molecule has 0 saturated heterocycles. The topological polar surface area (TPSA) is 80.3 Å². The van der Waals surface area contributed by atoms with Gasteiger partial charge in [-0.2, -0.15) is 28.2 Å². The number of aromatic nitrogens is 2. The summed E-state index contributed by atoms with van der Waals surface area (Å²) in [5, 5.41) is 14.3. The molecule has 0 aliphatic carbocycles. The van der Waals surface area contributed by atoms with Crippen LogP contribution in [0.25, 0.3) is 22.3 Å². The third-order valence-electron chi connectivity index (χ3n) is 6.06. The van der Waals surface area contributed by atoms with Gasteiger partial charge < -0.3 is 4.74 Å². The van der Waals surface area contributed by atoms with Crippen molar-refractivity contribution in [2.75, 3.05) is 0 Å². The van der Waals surface area contributed by atoms with E-state index in [1.54, 1.807) is 60.7 Å². The van der Waals surface area contributed by atoms with E-state index in [9.17, 15) is 23.2 Å². The number of benzene rings is 4. The van der Waals surface area contributed by atoms with Gasteiger partial charge in [0.05, 0.1) is 38.8 Å². The molecule has 0 N–H and O–H groups in total. The summed E-state index contributed by atoms with van der Waals surface area (Å²) < 4.78 is 47.9. The molecule has 5 rings (SSSR count). The quantitative estimate of drug-likeness (QED) is 0.178. The van der Waals surface area contributed by atoms with Crippen molar-refractivity contribution in [3.05, 3.63) is 127 Å². The largest absolute Gasteiger partial charge is 0.487 e. The van der Waals surface area contributed by atoms with Crippen LogP contribution in [0.4, 0.5) is 13.2 Å². The molecule has 0 radical (unpaired) electrons. The van der Waals surface area contributed by atoms with Crippen LogP contribution in [0.15, 0.2) is 99.3 Å². The van der Waals surface area contributed by atoms with Crippen LogP contribution in [0.1, 0.15) is 22.3 Å². The van der Waals surface area contributed by atoms with E-state index in [1.165, 1.54) is 18.3 Å². The van der Waals surface area contributed by atoms with Crippen LogP contribution in [0.2, 0.25) is 5.02 Å². The number of fused-ring (bicyclic) bond motifs is 1. The molecule has 0 aliphatic rings. The van der Waals surface area contributed by atoms with Gasteiger partial charge in [-0.25, -0.2) is 4.98 Å². The number of hydrogen-bond donors (Lipinski definition) is 0. The lowest BCUT2D eigenvalue weighted by molar-refractivity contribution is -0.137. The van der Waals surface area contributed by atoms with Crippen molar-refractivity contribution < 1.29 is 17.9 Å². The summed E-state index contributed by atoms with van der Waals surface area (Å²) in [5.41, 5.74) is 0.368. The van der Waals surface area contributed by atoms with E-state index < -0.39 is 17.3 Å². The van der Waals surface area contributed by atoms with Crippen LogP contribution < -0.4 is 10.3 Å². The number of para-hydroxylation sites is 1. The van der Waals surface area contributed by atoms with E-state index in [2.05, 4.69) is 32.1 Å². The molecule has 0 fully saturated rings. The van der Waals surface area contributed by atoms with Crippen molar-refractivity contribution in [1.82, 2.24) is 9.66 Å². The Labute approximate surface area is 245 Å². The molecule has 0 amide bonds. The van der Waals surface area contributed by atoms with Gasteiger partial charge in [0.15, 0.2) is 5.82 Å². The van der Waals surface area contributed by atoms with Crippen LogP contribution >= 0.6 is 27.5 Å². The van der Waals surface area contributed by atoms with E-state index in [0.29, 0.717) is 37.5 Å². The van der Waals surface area contributed by atoms with E-state index in [-0.39, 0.29) is 23.4 Å². The minimum absolute atomic E-state index is 0.0525. The number of nitrogens with zero attached hydrogens (tertiary/aromatic N) is 4. The Kier molecular flexibility index (Phi) is 7.92. The van der Waals surface area contributed by atoms with Crippen molar-refractivity contribution in [1.29, 1.82) is 5.26 Å². The number of nitriles is 1. The Balaban J connectivity index is 1.63. The molecular formula is C30H17BrClF3N4O2. The van der Waals surface area contributed by atoms with Gasteiger partial charge in [0.1, 0.15) is 12.4 Å². The Morgan fingerprint density at radius 3 is 2.59 bits per heavy atom. The molecule has 0 spiro atoms. The highest BCUT2D eigenvalue weighted by molar-refractivity contribution is 9.10.